The van der Waals surface area contributed by atoms with E-state index in [4.69, 9.17) is 9.72 Å². The SMILES string of the molecule is CC(C)[C@@H]1CN(c2nc(C3CC3)c3c(c2C#N)CC(C)(C)OC3)CCN1CCO. The molecular weight excluding hydrogens is 364 g/mol. The minimum Gasteiger partial charge on any atom is -0.395 e. The zero-order chi connectivity index (χ0) is 20.8. The number of ether oxygens (including phenoxy) is 1. The quantitative estimate of drug-likeness (QED) is 0.822. The van der Waals surface area contributed by atoms with Crippen LogP contribution in [0.5, 0.6) is 0 Å². The highest BCUT2D eigenvalue weighted by atomic mass is 16.5. The Morgan fingerprint density at radius 1 is 1.28 bits per heavy atom. The van der Waals surface area contributed by atoms with E-state index in [9.17, 15) is 10.4 Å². The summed E-state index contributed by atoms with van der Waals surface area (Å²) in [4.78, 5) is 9.82. The van der Waals surface area contributed by atoms with Crippen molar-refractivity contribution in [1.82, 2.24) is 9.88 Å². The Morgan fingerprint density at radius 2 is 2.03 bits per heavy atom. The van der Waals surface area contributed by atoms with Crippen LogP contribution in [0.1, 0.15) is 68.8 Å². The van der Waals surface area contributed by atoms with Crippen molar-refractivity contribution >= 4 is 5.82 Å². The summed E-state index contributed by atoms with van der Waals surface area (Å²) in [5, 5.41) is 19.6. The van der Waals surface area contributed by atoms with Gasteiger partial charge in [-0.2, -0.15) is 5.26 Å². The molecule has 1 N–H and O–H groups in total. The number of rotatable bonds is 5. The molecule has 4 rings (SSSR count). The fourth-order valence-electron chi connectivity index (χ4n) is 4.90. The number of nitrogens with zero attached hydrogens (tertiary/aromatic N) is 4. The van der Waals surface area contributed by atoms with Crippen molar-refractivity contribution in [3.05, 3.63) is 22.4 Å². The molecule has 1 aliphatic carbocycles. The van der Waals surface area contributed by atoms with Gasteiger partial charge in [-0.25, -0.2) is 4.98 Å². The van der Waals surface area contributed by atoms with Crippen LogP contribution < -0.4 is 4.90 Å². The van der Waals surface area contributed by atoms with Crippen LogP contribution in [-0.4, -0.2) is 59.4 Å². The van der Waals surface area contributed by atoms with E-state index in [0.717, 1.165) is 43.0 Å². The van der Waals surface area contributed by atoms with Gasteiger partial charge in [0, 0.05) is 50.1 Å². The minimum atomic E-state index is -0.252. The monoisotopic (exact) mass is 398 g/mol. The molecule has 0 unspecified atom stereocenters. The molecule has 1 aromatic rings. The number of piperazine rings is 1. The third-order valence-corrected chi connectivity index (χ3v) is 6.70. The Balaban J connectivity index is 1.74. The Kier molecular flexibility index (Phi) is 5.58. The number of pyridine rings is 1. The maximum Gasteiger partial charge on any atom is 0.147 e. The molecule has 1 saturated heterocycles. The number of aliphatic hydroxyl groups is 1. The highest BCUT2D eigenvalue weighted by Gasteiger charge is 2.38. The van der Waals surface area contributed by atoms with Gasteiger partial charge in [0.1, 0.15) is 11.9 Å². The van der Waals surface area contributed by atoms with Crippen molar-refractivity contribution in [3.8, 4) is 6.07 Å². The number of fused-ring (bicyclic) bond motifs is 1. The number of anilines is 1. The van der Waals surface area contributed by atoms with Gasteiger partial charge in [-0.3, -0.25) is 4.90 Å². The van der Waals surface area contributed by atoms with Crippen molar-refractivity contribution in [3.63, 3.8) is 0 Å². The number of hydrogen-bond donors (Lipinski definition) is 1. The van der Waals surface area contributed by atoms with Gasteiger partial charge < -0.3 is 14.7 Å². The Morgan fingerprint density at radius 3 is 2.66 bits per heavy atom. The third kappa shape index (κ3) is 4.01. The standard InChI is InChI=1S/C23H34N4O2/c1-15(2)20-13-27(8-7-26(20)9-10-28)22-18(12-24)17-11-23(3,4)29-14-19(17)21(25-22)16-5-6-16/h15-16,20,28H,5-11,13-14H2,1-4H3/t20-/m0/s1. The van der Waals surface area contributed by atoms with Crippen molar-refractivity contribution < 1.29 is 9.84 Å². The first-order valence-corrected chi connectivity index (χ1v) is 11.0. The van der Waals surface area contributed by atoms with Gasteiger partial charge >= 0.3 is 0 Å². The largest absolute Gasteiger partial charge is 0.395 e. The van der Waals surface area contributed by atoms with E-state index in [1.165, 1.54) is 24.1 Å². The van der Waals surface area contributed by atoms with Crippen molar-refractivity contribution in [1.29, 1.82) is 5.26 Å². The first kappa shape index (κ1) is 20.6. The fourth-order valence-corrected chi connectivity index (χ4v) is 4.90. The molecule has 3 aliphatic rings. The molecule has 158 valence electrons. The molecule has 0 aromatic carbocycles. The van der Waals surface area contributed by atoms with Crippen molar-refractivity contribution in [2.24, 2.45) is 5.92 Å². The lowest BCUT2D eigenvalue weighted by atomic mass is 9.87. The van der Waals surface area contributed by atoms with Gasteiger partial charge in [0.25, 0.3) is 0 Å². The molecule has 1 aromatic heterocycles. The molecule has 1 atom stereocenters. The molecule has 2 fully saturated rings. The van der Waals surface area contributed by atoms with Crippen LogP contribution in [-0.2, 0) is 17.8 Å². The summed E-state index contributed by atoms with van der Waals surface area (Å²) in [6, 6.07) is 2.86. The summed E-state index contributed by atoms with van der Waals surface area (Å²) in [6.45, 7) is 12.7. The lowest BCUT2D eigenvalue weighted by molar-refractivity contribution is -0.0407. The molecule has 0 bridgehead atoms. The van der Waals surface area contributed by atoms with Gasteiger partial charge in [-0.15, -0.1) is 0 Å². The van der Waals surface area contributed by atoms with Crippen LogP contribution in [0, 0.1) is 17.2 Å². The Bertz CT molecular complexity index is 810. The van der Waals surface area contributed by atoms with Crippen LogP contribution >= 0.6 is 0 Å². The van der Waals surface area contributed by atoms with E-state index in [2.05, 4.69) is 43.6 Å². The number of aromatic nitrogens is 1. The summed E-state index contributed by atoms with van der Waals surface area (Å²) in [5.41, 5.74) is 4.00. The summed E-state index contributed by atoms with van der Waals surface area (Å²) < 4.78 is 6.09. The summed E-state index contributed by atoms with van der Waals surface area (Å²) in [7, 11) is 0. The van der Waals surface area contributed by atoms with Crippen LogP contribution in [0.3, 0.4) is 0 Å². The highest BCUT2D eigenvalue weighted by Crippen LogP contribution is 2.45. The van der Waals surface area contributed by atoms with Crippen molar-refractivity contribution in [2.45, 2.75) is 71.1 Å². The highest BCUT2D eigenvalue weighted by molar-refractivity contribution is 5.62. The fraction of sp³-hybridized carbons (Fsp3) is 0.739. The zero-order valence-corrected chi connectivity index (χ0v) is 18.2. The molecule has 6 nitrogen and oxygen atoms in total. The van der Waals surface area contributed by atoms with Gasteiger partial charge in [0.2, 0.25) is 0 Å². The number of hydrogen-bond acceptors (Lipinski definition) is 6. The average molecular weight is 399 g/mol. The first-order valence-electron chi connectivity index (χ1n) is 11.0. The van der Waals surface area contributed by atoms with E-state index >= 15 is 0 Å². The second-order valence-corrected chi connectivity index (χ2v) is 9.78. The van der Waals surface area contributed by atoms with Gasteiger partial charge in [-0.1, -0.05) is 13.8 Å². The Labute approximate surface area is 174 Å². The first-order chi connectivity index (χ1) is 13.8. The second-order valence-electron chi connectivity index (χ2n) is 9.78. The molecule has 6 heteroatoms. The Hall–Kier alpha value is -1.68. The van der Waals surface area contributed by atoms with Crippen molar-refractivity contribution in [2.75, 3.05) is 37.7 Å². The van der Waals surface area contributed by atoms with Gasteiger partial charge in [0.05, 0.1) is 30.1 Å². The van der Waals surface area contributed by atoms with E-state index in [1.54, 1.807) is 0 Å². The normalized spacial score (nSPS) is 24.4. The van der Waals surface area contributed by atoms with E-state index in [-0.39, 0.29) is 12.2 Å². The molecule has 0 amide bonds. The molecule has 2 aliphatic heterocycles. The topological polar surface area (TPSA) is 72.6 Å². The summed E-state index contributed by atoms with van der Waals surface area (Å²) in [6.07, 6.45) is 3.14. The molecule has 29 heavy (non-hydrogen) atoms. The molecular formula is C23H34N4O2. The molecule has 3 heterocycles. The predicted molar refractivity (Wildman–Crippen MR) is 113 cm³/mol. The summed E-state index contributed by atoms with van der Waals surface area (Å²) >= 11 is 0. The van der Waals surface area contributed by atoms with E-state index in [1.807, 2.05) is 0 Å². The van der Waals surface area contributed by atoms with E-state index < -0.39 is 0 Å². The molecule has 1 saturated carbocycles. The van der Waals surface area contributed by atoms with Gasteiger partial charge in [-0.05, 0) is 38.2 Å². The lowest BCUT2D eigenvalue weighted by Gasteiger charge is -2.44. The zero-order valence-electron chi connectivity index (χ0n) is 18.2. The minimum absolute atomic E-state index is 0.185. The maximum absolute atomic E-state index is 10.1. The molecule has 0 spiro atoms. The van der Waals surface area contributed by atoms with Crippen LogP contribution in [0.4, 0.5) is 5.82 Å². The smallest absolute Gasteiger partial charge is 0.147 e. The van der Waals surface area contributed by atoms with E-state index in [0.29, 0.717) is 31.0 Å². The van der Waals surface area contributed by atoms with Crippen LogP contribution in [0.2, 0.25) is 0 Å². The van der Waals surface area contributed by atoms with Crippen LogP contribution in [0.25, 0.3) is 0 Å². The second kappa shape index (κ2) is 7.86. The number of aliphatic hydroxyl groups excluding tert-OH is 1. The maximum atomic E-state index is 10.1. The molecule has 0 radical (unpaired) electrons. The summed E-state index contributed by atoms with van der Waals surface area (Å²) in [5.74, 6) is 1.87. The number of β-amino-alcohol motifs (C(OH)–C–C–N with tert-alkyl or cyclic N) is 1. The van der Waals surface area contributed by atoms with Gasteiger partial charge in [0.15, 0.2) is 0 Å². The number of nitriles is 1. The third-order valence-electron chi connectivity index (χ3n) is 6.70. The van der Waals surface area contributed by atoms with Crippen LogP contribution in [0.15, 0.2) is 0 Å². The lowest BCUT2D eigenvalue weighted by Crippen LogP contribution is -2.56. The average Bonchev–Trinajstić information content (AvgIpc) is 3.51. The predicted octanol–water partition coefficient (Wildman–Crippen LogP) is 2.82.